The molecule has 11 N–H and O–H groups in total. The molecular weight excluding hydrogens is 1270 g/mol. The molecule has 4 aromatic carbocycles. The molecule has 31 heteroatoms. The summed E-state index contributed by atoms with van der Waals surface area (Å²) in [5.41, 5.74) is 14.4. The molecule has 0 bridgehead atoms. The Morgan fingerprint density at radius 1 is 0.598 bits per heavy atom. The molecule has 92 heavy (non-hydrogen) atoms. The molecule has 0 aliphatic carbocycles. The number of aliphatic hydroxyl groups is 3. The summed E-state index contributed by atoms with van der Waals surface area (Å²) in [6.07, 6.45) is -11.7. The summed E-state index contributed by atoms with van der Waals surface area (Å²) in [6.45, 7) is 13.3. The number of Topliss-reactive ketones (excluding diaryl/α,β-unsaturated/α-hetero) is 1. The number of carboxylic acid groups (broad SMARTS) is 1. The summed E-state index contributed by atoms with van der Waals surface area (Å²) in [5.74, 6) is -1.41. The normalized spacial score (nSPS) is 13.7. The Kier molecular flexibility index (Phi) is 29.6. The van der Waals surface area contributed by atoms with Gasteiger partial charge in [-0.05, 0) is 131 Å². The number of nitrogen functional groups attached to an aromatic ring is 2. The van der Waals surface area contributed by atoms with E-state index in [4.69, 9.17) is 37.6 Å². The quantitative estimate of drug-likeness (QED) is 0.0386. The van der Waals surface area contributed by atoms with Crippen molar-refractivity contribution in [2.24, 2.45) is 5.73 Å². The number of amides is 1. The number of aromatic carboxylic acids is 1. The van der Waals surface area contributed by atoms with Crippen LogP contribution in [0.4, 0.5) is 50.9 Å². The van der Waals surface area contributed by atoms with E-state index in [1.807, 2.05) is 26.8 Å². The number of alkyl halides is 9. The molecule has 488 valence electrons. The number of carbonyl (C=O) groups is 3. The standard InChI is InChI=1S/C19H19F3N4O2S.C10H12F3NO.C10H8F3NO.C9H9N3O2S.C9H7NO.C4H8O.Al.Li.4H/c1-9-10(2)25-26-17-13(9)14(23)15(29-17)16(27)24-8-11-4-6-12(7-5-11)18(3,28)19(20,21)22;2*1-9(15,10(11,12)13)8-4-2-7(6-14)3-5-8;1-3-4(2)11-12-8-5(3)6(10)7(15-8)9(13)14;1-7(11)9-4-2-8(6-10)3-5-9;1-2-4-5-3-1;;;;;;/h4-7,28H,8,23H2,1-3H3,(H,24,27);2-5,15H,6,14H2,1H3;2-5,15H,1H3;10H2,1-2H3,(H,13,14);2-5H,1H3;1-4H2;;;;;;/q;;;;;;;+1;;;;-1. The molecular formula is C61H67AlF9LiN10O8S2. The van der Waals surface area contributed by atoms with Crippen LogP contribution in [-0.4, -0.2) is 108 Å². The fraction of sp³-hybridized carbons (Fsp3) is 0.328. The molecule has 3 atom stereocenters. The Balaban J connectivity index is 0.000000588. The minimum absolute atomic E-state index is 0. The number of ether oxygens (including phenoxy) is 1. The van der Waals surface area contributed by atoms with Crippen LogP contribution in [0.15, 0.2) is 97.1 Å². The monoisotopic (exact) mass is 1340 g/mol. The third kappa shape index (κ3) is 20.5. The van der Waals surface area contributed by atoms with E-state index >= 15 is 0 Å². The van der Waals surface area contributed by atoms with E-state index in [1.165, 1.54) is 80.4 Å². The Hall–Kier alpha value is -7.55. The molecule has 1 aliphatic heterocycles. The van der Waals surface area contributed by atoms with Crippen LogP contribution in [0.5, 0.6) is 0 Å². The maximum Gasteiger partial charge on any atom is 1.00 e. The number of carbonyl (C=O) groups excluding carboxylic acids is 2. The van der Waals surface area contributed by atoms with Crippen LogP contribution in [0.3, 0.4) is 0 Å². The number of nitrogens with one attached hydrogen (secondary N) is 1. The van der Waals surface area contributed by atoms with Crippen LogP contribution in [0.2, 0.25) is 0 Å². The van der Waals surface area contributed by atoms with Crippen molar-refractivity contribution in [3.63, 3.8) is 0 Å². The zero-order valence-corrected chi connectivity index (χ0v) is 52.2. The van der Waals surface area contributed by atoms with Crippen LogP contribution in [0, 0.1) is 50.4 Å². The molecule has 1 fully saturated rings. The molecule has 1 saturated heterocycles. The van der Waals surface area contributed by atoms with Crippen molar-refractivity contribution in [2.45, 2.75) is 117 Å². The molecule has 0 spiro atoms. The Labute approximate surface area is 555 Å². The Bertz CT molecular complexity index is 3870. The average Bonchev–Trinajstić information content (AvgIpc) is 1.70. The first kappa shape index (κ1) is 80.5. The number of ketones is 1. The zero-order chi connectivity index (χ0) is 67.9. The molecule has 0 saturated carbocycles. The van der Waals surface area contributed by atoms with Gasteiger partial charge in [0.1, 0.15) is 19.4 Å². The summed E-state index contributed by atoms with van der Waals surface area (Å²) >= 11 is 2.19. The van der Waals surface area contributed by atoms with Crippen LogP contribution < -0.4 is 41.4 Å². The minimum atomic E-state index is -4.79. The third-order valence-corrected chi connectivity index (χ3v) is 16.0. The van der Waals surface area contributed by atoms with Crippen LogP contribution >= 0.6 is 22.7 Å². The van der Waals surface area contributed by atoms with E-state index in [2.05, 4.69) is 25.7 Å². The number of fused-ring (bicyclic) bond motifs is 2. The fourth-order valence-electron chi connectivity index (χ4n) is 7.63. The van der Waals surface area contributed by atoms with Gasteiger partial charge in [0, 0.05) is 42.6 Å². The maximum atomic E-state index is 12.9. The van der Waals surface area contributed by atoms with E-state index in [0.717, 1.165) is 83.0 Å². The van der Waals surface area contributed by atoms with Gasteiger partial charge in [-0.15, -0.1) is 32.9 Å². The van der Waals surface area contributed by atoms with Crippen molar-refractivity contribution in [3.8, 4) is 12.1 Å². The van der Waals surface area contributed by atoms with E-state index in [1.54, 1.807) is 37.3 Å². The van der Waals surface area contributed by atoms with Gasteiger partial charge in [-0.25, -0.2) is 4.79 Å². The number of aryl methyl sites for hydroxylation is 4. The van der Waals surface area contributed by atoms with Gasteiger partial charge < -0.3 is 49.1 Å². The largest absolute Gasteiger partial charge is 1.00 e. The number of rotatable bonds is 9. The van der Waals surface area contributed by atoms with E-state index in [9.17, 15) is 69.2 Å². The van der Waals surface area contributed by atoms with Gasteiger partial charge in [0.2, 0.25) is 0 Å². The smallest absolute Gasteiger partial charge is 1.00 e. The number of thiophene rings is 2. The Morgan fingerprint density at radius 2 is 0.935 bits per heavy atom. The number of nitrogens with zero attached hydrogens (tertiary/aromatic N) is 6. The number of anilines is 2. The van der Waals surface area contributed by atoms with E-state index in [-0.39, 0.29) is 89.3 Å². The van der Waals surface area contributed by atoms with Gasteiger partial charge in [0.25, 0.3) is 5.91 Å². The van der Waals surface area contributed by atoms with Crippen molar-refractivity contribution < 1.29 is 99.3 Å². The predicted octanol–water partition coefficient (Wildman–Crippen LogP) is 7.91. The second-order valence-electron chi connectivity index (χ2n) is 20.4. The van der Waals surface area contributed by atoms with Crippen molar-refractivity contribution in [1.29, 1.82) is 10.5 Å². The van der Waals surface area contributed by atoms with Crippen LogP contribution in [0.1, 0.15) is 133 Å². The van der Waals surface area contributed by atoms with Crippen molar-refractivity contribution in [2.75, 3.05) is 24.7 Å². The van der Waals surface area contributed by atoms with Gasteiger partial charge in [-0.3, -0.25) is 9.59 Å². The third-order valence-electron chi connectivity index (χ3n) is 13.9. The van der Waals surface area contributed by atoms with Crippen LogP contribution in [0.25, 0.3) is 20.4 Å². The molecule has 9 rings (SSSR count). The van der Waals surface area contributed by atoms with Gasteiger partial charge in [-0.2, -0.15) is 60.2 Å². The predicted molar refractivity (Wildman–Crippen MR) is 332 cm³/mol. The van der Waals surface area contributed by atoms with Crippen molar-refractivity contribution in [1.82, 2.24) is 25.7 Å². The second kappa shape index (κ2) is 33.9. The summed E-state index contributed by atoms with van der Waals surface area (Å²) in [5, 5.41) is 74.2. The van der Waals surface area contributed by atoms with Crippen molar-refractivity contribution >= 4 is 89.5 Å². The first-order valence-corrected chi connectivity index (χ1v) is 28.3. The molecule has 4 aromatic heterocycles. The molecule has 5 heterocycles. The molecule has 8 aromatic rings. The van der Waals surface area contributed by atoms with Gasteiger partial charge in [0.05, 0.1) is 46.0 Å². The first-order chi connectivity index (χ1) is 41.8. The minimum Gasteiger partial charge on any atom is -1.00 e. The molecule has 1 amide bonds. The summed E-state index contributed by atoms with van der Waals surface area (Å²) in [6, 6.07) is 25.6. The van der Waals surface area contributed by atoms with Gasteiger partial charge in [-0.1, -0.05) is 72.8 Å². The van der Waals surface area contributed by atoms with E-state index in [0.29, 0.717) is 61.5 Å². The SMILES string of the molecule is C1CCOC1.CC(=O)c1ccc(C#N)cc1.CC(O)(c1ccc(C#N)cc1)C(F)(F)F.CC(O)(c1ccc(CN)cc1)C(F)(F)F.Cc1nnc2sc(C(=O)NCc3ccc(C(C)(O)C(F)(F)F)cc3)c(N)c2c1C.Cc1nnc2sc(C(=O)O)c(N)c2c1C.[AlH3].[H-].[Li+]. The number of benzene rings is 4. The molecule has 3 unspecified atom stereocenters. The summed E-state index contributed by atoms with van der Waals surface area (Å²) < 4.78 is 118. The molecule has 1 aliphatic rings. The fourth-order valence-corrected chi connectivity index (χ4v) is 9.59. The second-order valence-corrected chi connectivity index (χ2v) is 22.4. The topological polar surface area (TPSA) is 331 Å². The number of nitriles is 2. The summed E-state index contributed by atoms with van der Waals surface area (Å²) in [7, 11) is 0. The first-order valence-electron chi connectivity index (χ1n) is 26.7. The summed E-state index contributed by atoms with van der Waals surface area (Å²) in [4.78, 5) is 35.8. The number of hydrogen-bond donors (Lipinski definition) is 8. The van der Waals surface area contributed by atoms with E-state index < -0.39 is 47.2 Å². The Morgan fingerprint density at radius 3 is 1.25 bits per heavy atom. The van der Waals surface area contributed by atoms with Gasteiger partial charge in [0.15, 0.2) is 39.9 Å². The molecule has 18 nitrogen and oxygen atoms in total. The zero-order valence-electron chi connectivity index (χ0n) is 51.5. The van der Waals surface area contributed by atoms with Gasteiger partial charge >= 0.3 is 43.4 Å². The van der Waals surface area contributed by atoms with Crippen LogP contribution in [-0.2, 0) is 34.6 Å². The maximum absolute atomic E-state index is 12.9. The number of carboxylic acids is 1. The number of nitrogens with two attached hydrogens (primary N) is 3. The number of aromatic nitrogens is 4. The molecule has 0 radical (unpaired) electrons. The van der Waals surface area contributed by atoms with Crippen molar-refractivity contribution in [3.05, 3.63) is 174 Å². The number of hydrogen-bond acceptors (Lipinski definition) is 18. The average molecular weight is 1340 g/mol. The number of halogens is 9.